The molecule has 5 heteroatoms. The second-order valence-electron chi connectivity index (χ2n) is 7.10. The molecule has 1 amide bonds. The average molecular weight is 349 g/mol. The summed E-state index contributed by atoms with van der Waals surface area (Å²) in [5.74, 6) is 1.95. The maximum Gasteiger partial charge on any atom is 0.227 e. The van der Waals surface area contributed by atoms with E-state index in [1.165, 1.54) is 10.8 Å². The molecule has 1 aromatic heterocycles. The summed E-state index contributed by atoms with van der Waals surface area (Å²) in [6, 6.07) is 14.4. The van der Waals surface area contributed by atoms with Crippen LogP contribution in [0.1, 0.15) is 30.1 Å². The molecule has 134 valence electrons. The minimum Gasteiger partial charge on any atom is -0.342 e. The van der Waals surface area contributed by atoms with Crippen LogP contribution in [0.5, 0.6) is 0 Å². The van der Waals surface area contributed by atoms with Crippen LogP contribution in [-0.4, -0.2) is 34.0 Å². The van der Waals surface area contributed by atoms with Gasteiger partial charge in [-0.15, -0.1) is 0 Å². The Morgan fingerprint density at radius 2 is 2.08 bits per heavy atom. The average Bonchev–Trinajstić information content (AvgIpc) is 3.07. The number of carbonyl (C=O) groups excluding carboxylic acids is 1. The Balaban J connectivity index is 1.44. The minimum atomic E-state index is 0.204. The van der Waals surface area contributed by atoms with Crippen molar-refractivity contribution in [1.82, 2.24) is 15.0 Å². The van der Waals surface area contributed by atoms with Gasteiger partial charge < -0.3 is 9.42 Å². The molecule has 2 heterocycles. The summed E-state index contributed by atoms with van der Waals surface area (Å²) in [6.07, 6.45) is 3.36. The second kappa shape index (κ2) is 7.28. The van der Waals surface area contributed by atoms with Gasteiger partial charge in [0.25, 0.3) is 0 Å². The number of likely N-dealkylation sites (tertiary alicyclic amines) is 1. The predicted molar refractivity (Wildman–Crippen MR) is 99.7 cm³/mol. The lowest BCUT2D eigenvalue weighted by Crippen LogP contribution is -2.41. The van der Waals surface area contributed by atoms with Crippen LogP contribution in [0, 0.1) is 12.8 Å². The molecule has 0 radical (unpaired) electrons. The molecular weight excluding hydrogens is 326 g/mol. The van der Waals surface area contributed by atoms with Crippen molar-refractivity contribution < 1.29 is 9.32 Å². The molecule has 1 aliphatic heterocycles. The first-order chi connectivity index (χ1) is 12.7. The first-order valence-electron chi connectivity index (χ1n) is 9.22. The van der Waals surface area contributed by atoms with Gasteiger partial charge in [0, 0.05) is 26.4 Å². The van der Waals surface area contributed by atoms with Crippen LogP contribution in [0.4, 0.5) is 0 Å². The molecule has 0 bridgehead atoms. The van der Waals surface area contributed by atoms with Crippen LogP contribution in [0.3, 0.4) is 0 Å². The van der Waals surface area contributed by atoms with E-state index in [0.29, 0.717) is 18.2 Å². The van der Waals surface area contributed by atoms with Crippen LogP contribution in [0.15, 0.2) is 47.0 Å². The zero-order chi connectivity index (χ0) is 17.9. The van der Waals surface area contributed by atoms with Gasteiger partial charge in [0.1, 0.15) is 0 Å². The highest BCUT2D eigenvalue weighted by Crippen LogP contribution is 2.23. The highest BCUT2D eigenvalue weighted by atomic mass is 16.5. The topological polar surface area (TPSA) is 59.2 Å². The number of piperidine rings is 1. The molecule has 2 aromatic carbocycles. The molecule has 1 saturated heterocycles. The van der Waals surface area contributed by atoms with Crippen LogP contribution < -0.4 is 0 Å². The fourth-order valence-electron chi connectivity index (χ4n) is 3.86. The fraction of sp³-hybridized carbons (Fsp3) is 0.381. The largest absolute Gasteiger partial charge is 0.342 e. The highest BCUT2D eigenvalue weighted by molar-refractivity contribution is 5.90. The molecule has 3 aromatic rings. The lowest BCUT2D eigenvalue weighted by atomic mass is 9.93. The summed E-state index contributed by atoms with van der Waals surface area (Å²) in [7, 11) is 0. The van der Waals surface area contributed by atoms with E-state index in [1.807, 2.05) is 23.1 Å². The van der Waals surface area contributed by atoms with Crippen LogP contribution in [0.2, 0.25) is 0 Å². The van der Waals surface area contributed by atoms with Crippen molar-refractivity contribution in [2.75, 3.05) is 13.1 Å². The summed E-state index contributed by atoms with van der Waals surface area (Å²) in [5.41, 5.74) is 1.10. The molecule has 26 heavy (non-hydrogen) atoms. The number of carbonyl (C=O) groups is 1. The third-order valence-corrected chi connectivity index (χ3v) is 5.13. The first-order valence-corrected chi connectivity index (χ1v) is 9.22. The lowest BCUT2D eigenvalue weighted by molar-refractivity contribution is -0.132. The van der Waals surface area contributed by atoms with Gasteiger partial charge in [-0.3, -0.25) is 4.79 Å². The molecule has 4 rings (SSSR count). The van der Waals surface area contributed by atoms with E-state index in [-0.39, 0.29) is 5.91 Å². The fourth-order valence-corrected chi connectivity index (χ4v) is 3.86. The van der Waals surface area contributed by atoms with Crippen LogP contribution in [-0.2, 0) is 17.6 Å². The quantitative estimate of drug-likeness (QED) is 0.723. The van der Waals surface area contributed by atoms with Gasteiger partial charge in [-0.1, -0.05) is 47.6 Å². The number of amides is 1. The van der Waals surface area contributed by atoms with Crippen molar-refractivity contribution in [3.05, 3.63) is 59.7 Å². The Hall–Kier alpha value is -2.69. The Bertz CT molecular complexity index is 913. The molecule has 0 unspecified atom stereocenters. The Morgan fingerprint density at radius 1 is 1.23 bits per heavy atom. The van der Waals surface area contributed by atoms with Gasteiger partial charge in [-0.05, 0) is 35.1 Å². The summed E-state index contributed by atoms with van der Waals surface area (Å²) in [5, 5.41) is 6.34. The molecule has 0 spiro atoms. The number of nitrogens with zero attached hydrogens (tertiary/aromatic N) is 3. The third-order valence-electron chi connectivity index (χ3n) is 5.13. The normalized spacial score (nSPS) is 17.6. The van der Waals surface area contributed by atoms with Crippen molar-refractivity contribution in [2.24, 2.45) is 5.92 Å². The molecule has 0 aliphatic carbocycles. The summed E-state index contributed by atoms with van der Waals surface area (Å²) >= 11 is 0. The lowest BCUT2D eigenvalue weighted by Gasteiger charge is -2.32. The molecule has 1 fully saturated rings. The van der Waals surface area contributed by atoms with E-state index in [2.05, 4.69) is 34.4 Å². The SMILES string of the molecule is Cc1nc(C[C@H]2CCCN(C(=O)Cc3cccc4ccccc34)C2)no1. The van der Waals surface area contributed by atoms with E-state index in [0.717, 1.165) is 43.7 Å². The van der Waals surface area contributed by atoms with Gasteiger partial charge >= 0.3 is 0 Å². The van der Waals surface area contributed by atoms with E-state index in [1.54, 1.807) is 6.92 Å². The molecular formula is C21H23N3O2. The van der Waals surface area contributed by atoms with Gasteiger partial charge in [0.15, 0.2) is 5.82 Å². The van der Waals surface area contributed by atoms with Crippen molar-refractivity contribution in [3.8, 4) is 0 Å². The molecule has 1 aliphatic rings. The van der Waals surface area contributed by atoms with Gasteiger partial charge in [-0.2, -0.15) is 4.98 Å². The summed E-state index contributed by atoms with van der Waals surface area (Å²) < 4.78 is 5.06. The number of aromatic nitrogens is 2. The predicted octanol–water partition coefficient (Wildman–Crippen LogP) is 3.56. The number of hydrogen-bond donors (Lipinski definition) is 0. The Labute approximate surface area is 153 Å². The maximum atomic E-state index is 12.9. The zero-order valence-corrected chi connectivity index (χ0v) is 15.0. The zero-order valence-electron chi connectivity index (χ0n) is 15.0. The van der Waals surface area contributed by atoms with Crippen molar-refractivity contribution in [3.63, 3.8) is 0 Å². The molecule has 0 saturated carbocycles. The molecule has 0 N–H and O–H groups in total. The number of hydrogen-bond acceptors (Lipinski definition) is 4. The van der Waals surface area contributed by atoms with E-state index >= 15 is 0 Å². The highest BCUT2D eigenvalue weighted by Gasteiger charge is 2.25. The summed E-state index contributed by atoms with van der Waals surface area (Å²) in [6.45, 7) is 3.42. The van der Waals surface area contributed by atoms with E-state index in [9.17, 15) is 4.79 Å². The van der Waals surface area contributed by atoms with Crippen LogP contribution in [0.25, 0.3) is 10.8 Å². The first kappa shape index (κ1) is 16.8. The third kappa shape index (κ3) is 3.62. The van der Waals surface area contributed by atoms with Gasteiger partial charge in [0.2, 0.25) is 11.8 Å². The Kier molecular flexibility index (Phi) is 4.69. The van der Waals surface area contributed by atoms with Crippen LogP contribution >= 0.6 is 0 Å². The van der Waals surface area contributed by atoms with Gasteiger partial charge in [0.05, 0.1) is 6.42 Å². The van der Waals surface area contributed by atoms with Crippen molar-refractivity contribution >= 4 is 16.7 Å². The minimum absolute atomic E-state index is 0.204. The summed E-state index contributed by atoms with van der Waals surface area (Å²) in [4.78, 5) is 19.2. The van der Waals surface area contributed by atoms with E-state index in [4.69, 9.17) is 4.52 Å². The number of rotatable bonds is 4. The van der Waals surface area contributed by atoms with Gasteiger partial charge in [-0.25, -0.2) is 0 Å². The molecule has 1 atom stereocenters. The Morgan fingerprint density at radius 3 is 2.92 bits per heavy atom. The monoisotopic (exact) mass is 349 g/mol. The maximum absolute atomic E-state index is 12.9. The number of fused-ring (bicyclic) bond motifs is 1. The van der Waals surface area contributed by atoms with Crippen molar-refractivity contribution in [1.29, 1.82) is 0 Å². The number of aryl methyl sites for hydroxylation is 1. The second-order valence-corrected chi connectivity index (χ2v) is 7.10. The smallest absolute Gasteiger partial charge is 0.227 e. The standard InChI is InChI=1S/C21H23N3O2/c1-15-22-20(23-26-15)12-16-6-5-11-24(14-16)21(25)13-18-9-4-8-17-7-2-3-10-19(17)18/h2-4,7-10,16H,5-6,11-14H2,1H3/t16-/m1/s1. The molecule has 5 nitrogen and oxygen atoms in total. The van der Waals surface area contributed by atoms with E-state index < -0.39 is 0 Å². The number of benzene rings is 2. The van der Waals surface area contributed by atoms with Crippen molar-refractivity contribution in [2.45, 2.75) is 32.6 Å².